The number of methoxy groups -OCH3 is 1. The summed E-state index contributed by atoms with van der Waals surface area (Å²) in [5.74, 6) is -0.735. The Hall–Kier alpha value is -1.49. The smallest absolute Gasteiger partial charge is 0.310 e. The van der Waals surface area contributed by atoms with Crippen molar-refractivity contribution in [2.45, 2.75) is 64.4 Å². The molecule has 1 aromatic rings. The molecular weight excluding hydrogens is 268 g/mol. The highest BCUT2D eigenvalue weighted by atomic mass is 16.5. The van der Waals surface area contributed by atoms with Crippen LogP contribution in [0.5, 0.6) is 0 Å². The van der Waals surface area contributed by atoms with Crippen LogP contribution in [0, 0.1) is 13.8 Å². The summed E-state index contributed by atoms with van der Waals surface area (Å²) in [6, 6.07) is 0. The zero-order valence-electron chi connectivity index (χ0n) is 13.3. The van der Waals surface area contributed by atoms with Crippen molar-refractivity contribution in [2.24, 2.45) is 0 Å². The second-order valence-corrected chi connectivity index (χ2v) is 5.95. The quantitative estimate of drug-likeness (QED) is 0.923. The number of carboxylic acid groups (broad SMARTS) is 1. The number of ether oxygens (including phenoxy) is 1. The van der Waals surface area contributed by atoms with E-state index >= 15 is 0 Å². The van der Waals surface area contributed by atoms with Crippen LogP contribution in [0.1, 0.15) is 67.7 Å². The molecule has 1 saturated carbocycles. The lowest BCUT2D eigenvalue weighted by Crippen LogP contribution is -2.34. The van der Waals surface area contributed by atoms with Crippen LogP contribution in [0.25, 0.3) is 0 Å². The first-order chi connectivity index (χ1) is 9.91. The Morgan fingerprint density at radius 3 is 2.14 bits per heavy atom. The Balaban J connectivity index is 2.46. The Bertz CT molecular complexity index is 513. The zero-order valence-corrected chi connectivity index (χ0v) is 13.3. The number of aryl methyl sites for hydroxylation is 2. The lowest BCUT2D eigenvalue weighted by molar-refractivity contribution is -0.138. The van der Waals surface area contributed by atoms with Gasteiger partial charge in [0.1, 0.15) is 5.60 Å². The Morgan fingerprint density at radius 1 is 1.19 bits per heavy atom. The molecule has 0 radical (unpaired) electrons. The molecule has 1 heterocycles. The monoisotopic (exact) mass is 292 g/mol. The molecule has 0 amide bonds. The van der Waals surface area contributed by atoms with E-state index in [1.54, 1.807) is 14.0 Å². The van der Waals surface area contributed by atoms with Crippen molar-refractivity contribution in [1.29, 1.82) is 0 Å². The summed E-state index contributed by atoms with van der Waals surface area (Å²) >= 11 is 0. The molecule has 1 aliphatic rings. The summed E-state index contributed by atoms with van der Waals surface area (Å²) in [6.07, 6.45) is 5.30. The number of aliphatic carboxylic acids is 1. The van der Waals surface area contributed by atoms with Gasteiger partial charge in [-0.15, -0.1) is 0 Å². The number of nitrogens with zero attached hydrogens (tertiary/aromatic N) is 2. The Kier molecular flexibility index (Phi) is 4.61. The van der Waals surface area contributed by atoms with Crippen LogP contribution in [-0.4, -0.2) is 28.2 Å². The maximum absolute atomic E-state index is 11.2. The molecule has 1 unspecified atom stereocenters. The van der Waals surface area contributed by atoms with E-state index in [2.05, 4.69) is 9.97 Å². The molecule has 2 rings (SSSR count). The van der Waals surface area contributed by atoms with Gasteiger partial charge in [-0.2, -0.15) is 0 Å². The minimum atomic E-state index is -0.850. The highest BCUT2D eigenvalue weighted by Gasteiger charge is 2.37. The molecule has 1 fully saturated rings. The van der Waals surface area contributed by atoms with Gasteiger partial charge in [0.05, 0.1) is 5.92 Å². The van der Waals surface area contributed by atoms with Crippen LogP contribution in [-0.2, 0) is 15.1 Å². The number of aromatic nitrogens is 2. The molecular formula is C16H24N2O3. The van der Waals surface area contributed by atoms with E-state index in [1.165, 1.54) is 6.42 Å². The molecule has 1 aromatic heterocycles. The lowest BCUT2D eigenvalue weighted by Gasteiger charge is -2.35. The highest BCUT2D eigenvalue weighted by Crippen LogP contribution is 2.39. The molecule has 21 heavy (non-hydrogen) atoms. The zero-order chi connectivity index (χ0) is 15.6. The molecule has 1 atom stereocenters. The van der Waals surface area contributed by atoms with Crippen molar-refractivity contribution in [2.75, 3.05) is 7.11 Å². The van der Waals surface area contributed by atoms with Gasteiger partial charge in [-0.1, -0.05) is 19.3 Å². The third-order valence-electron chi connectivity index (χ3n) is 4.59. The lowest BCUT2D eigenvalue weighted by atomic mass is 9.83. The number of rotatable bonds is 4. The maximum Gasteiger partial charge on any atom is 0.310 e. The number of hydrogen-bond donors (Lipinski definition) is 1. The van der Waals surface area contributed by atoms with Crippen LogP contribution in [0.15, 0.2) is 0 Å². The van der Waals surface area contributed by atoms with Crippen molar-refractivity contribution in [3.05, 3.63) is 22.8 Å². The average molecular weight is 292 g/mol. The number of carboxylic acids is 1. The van der Waals surface area contributed by atoms with Crippen LogP contribution in [0.3, 0.4) is 0 Å². The van der Waals surface area contributed by atoms with E-state index in [0.717, 1.165) is 37.1 Å². The van der Waals surface area contributed by atoms with Crippen LogP contribution in [0.2, 0.25) is 0 Å². The van der Waals surface area contributed by atoms with E-state index in [9.17, 15) is 9.90 Å². The largest absolute Gasteiger partial charge is 0.481 e. The van der Waals surface area contributed by atoms with Gasteiger partial charge in [-0.05, 0) is 33.6 Å². The standard InChI is InChI=1S/C16H24N2O3/c1-10(14(19)20)13-11(2)17-15(18-12(13)3)16(21-4)8-6-5-7-9-16/h10H,5-9H2,1-4H3,(H,19,20). The fraction of sp³-hybridized carbons (Fsp3) is 0.688. The molecule has 0 spiro atoms. The van der Waals surface area contributed by atoms with E-state index in [-0.39, 0.29) is 0 Å². The minimum Gasteiger partial charge on any atom is -0.481 e. The first-order valence-electron chi connectivity index (χ1n) is 7.55. The predicted molar refractivity (Wildman–Crippen MR) is 79.3 cm³/mol. The van der Waals surface area contributed by atoms with Crippen LogP contribution < -0.4 is 0 Å². The minimum absolute atomic E-state index is 0.404. The van der Waals surface area contributed by atoms with E-state index in [1.807, 2.05) is 13.8 Å². The fourth-order valence-corrected chi connectivity index (χ4v) is 3.32. The highest BCUT2D eigenvalue weighted by molar-refractivity contribution is 5.76. The molecule has 5 nitrogen and oxygen atoms in total. The van der Waals surface area contributed by atoms with E-state index in [4.69, 9.17) is 4.74 Å². The second-order valence-electron chi connectivity index (χ2n) is 5.95. The Labute approximate surface area is 125 Å². The summed E-state index contributed by atoms with van der Waals surface area (Å²) in [7, 11) is 1.72. The van der Waals surface area contributed by atoms with Crippen molar-refractivity contribution in [3.63, 3.8) is 0 Å². The number of hydrogen-bond acceptors (Lipinski definition) is 4. The average Bonchev–Trinajstić information content (AvgIpc) is 2.46. The van der Waals surface area contributed by atoms with Gasteiger partial charge in [0.15, 0.2) is 5.82 Å². The van der Waals surface area contributed by atoms with Gasteiger partial charge >= 0.3 is 5.97 Å². The van der Waals surface area contributed by atoms with Gasteiger partial charge in [-0.25, -0.2) is 9.97 Å². The third kappa shape index (κ3) is 2.93. The Morgan fingerprint density at radius 2 is 1.71 bits per heavy atom. The normalized spacial score (nSPS) is 19.2. The molecule has 116 valence electrons. The molecule has 0 aliphatic heterocycles. The summed E-state index contributed by atoms with van der Waals surface area (Å²) < 4.78 is 5.78. The van der Waals surface area contributed by atoms with Gasteiger partial charge in [0.25, 0.3) is 0 Å². The van der Waals surface area contributed by atoms with Gasteiger partial charge in [0.2, 0.25) is 0 Å². The van der Waals surface area contributed by atoms with Crippen LogP contribution >= 0.6 is 0 Å². The topological polar surface area (TPSA) is 72.3 Å². The second kappa shape index (κ2) is 6.10. The van der Waals surface area contributed by atoms with Crippen molar-refractivity contribution in [3.8, 4) is 0 Å². The van der Waals surface area contributed by atoms with Gasteiger partial charge in [-0.3, -0.25) is 4.79 Å². The van der Waals surface area contributed by atoms with Crippen molar-refractivity contribution >= 4 is 5.97 Å². The summed E-state index contributed by atoms with van der Waals surface area (Å²) in [5, 5.41) is 9.22. The summed E-state index contributed by atoms with van der Waals surface area (Å²) in [4.78, 5) is 20.4. The van der Waals surface area contributed by atoms with Gasteiger partial charge < -0.3 is 9.84 Å². The molecule has 5 heteroatoms. The third-order valence-corrected chi connectivity index (χ3v) is 4.59. The summed E-state index contributed by atoms with van der Waals surface area (Å²) in [5.41, 5.74) is 1.80. The molecule has 1 N–H and O–H groups in total. The molecule has 0 bridgehead atoms. The molecule has 0 saturated heterocycles. The summed E-state index contributed by atoms with van der Waals surface area (Å²) in [6.45, 7) is 5.39. The van der Waals surface area contributed by atoms with E-state index in [0.29, 0.717) is 11.4 Å². The SMILES string of the molecule is COC1(c2nc(C)c(C(C)C(=O)O)c(C)n2)CCCCC1. The molecule has 1 aliphatic carbocycles. The van der Waals surface area contributed by atoms with Crippen molar-refractivity contribution in [1.82, 2.24) is 9.97 Å². The predicted octanol–water partition coefficient (Wildman–Crippen LogP) is 3.09. The van der Waals surface area contributed by atoms with Gasteiger partial charge in [0, 0.05) is 24.1 Å². The fourth-order valence-electron chi connectivity index (χ4n) is 3.32. The van der Waals surface area contributed by atoms with Crippen LogP contribution in [0.4, 0.5) is 0 Å². The maximum atomic E-state index is 11.2. The first-order valence-corrected chi connectivity index (χ1v) is 7.55. The van der Waals surface area contributed by atoms with E-state index < -0.39 is 17.5 Å². The van der Waals surface area contributed by atoms with Crippen molar-refractivity contribution < 1.29 is 14.6 Å². The first kappa shape index (κ1) is 15.9. The molecule has 0 aromatic carbocycles. The number of carbonyl (C=O) groups is 1.